The maximum Gasteiger partial charge on any atom is 0.258 e. The first-order valence-electron chi connectivity index (χ1n) is 5.92. The van der Waals surface area contributed by atoms with Crippen molar-refractivity contribution < 1.29 is 9.53 Å². The van der Waals surface area contributed by atoms with Gasteiger partial charge in [0.2, 0.25) is 0 Å². The number of rotatable bonds is 5. The molecule has 0 radical (unpaired) electrons. The van der Waals surface area contributed by atoms with E-state index in [-0.39, 0.29) is 18.6 Å². The number of carbonyl (C=O) groups is 1. The number of nitrogens with two attached hydrogens (primary N) is 1. The van der Waals surface area contributed by atoms with Gasteiger partial charge < -0.3 is 20.8 Å². The van der Waals surface area contributed by atoms with E-state index in [0.29, 0.717) is 17.3 Å². The van der Waals surface area contributed by atoms with Gasteiger partial charge in [-0.15, -0.1) is 0 Å². The number of imidazole rings is 1. The van der Waals surface area contributed by atoms with Crippen LogP contribution in [0.4, 0.5) is 5.69 Å². The third kappa shape index (κ3) is 3.74. The first-order valence-corrected chi connectivity index (χ1v) is 5.92. The predicted molar refractivity (Wildman–Crippen MR) is 71.5 cm³/mol. The molecule has 1 unspecified atom stereocenters. The van der Waals surface area contributed by atoms with Crippen molar-refractivity contribution in [3.05, 3.63) is 42.5 Å². The van der Waals surface area contributed by atoms with Gasteiger partial charge in [0.15, 0.2) is 6.61 Å². The molecule has 1 atom stereocenters. The molecular formula is C13H16N4O2. The Morgan fingerprint density at radius 1 is 1.58 bits per heavy atom. The van der Waals surface area contributed by atoms with Crippen molar-refractivity contribution >= 4 is 11.6 Å². The Bertz CT molecular complexity index is 539. The number of H-pyrrole nitrogens is 1. The average Bonchev–Trinajstić information content (AvgIpc) is 2.90. The van der Waals surface area contributed by atoms with Crippen molar-refractivity contribution in [1.29, 1.82) is 0 Å². The lowest BCUT2D eigenvalue weighted by atomic mass is 10.3. The van der Waals surface area contributed by atoms with Crippen LogP contribution in [0.3, 0.4) is 0 Å². The first kappa shape index (κ1) is 12.9. The Morgan fingerprint density at radius 2 is 2.42 bits per heavy atom. The molecule has 1 heterocycles. The predicted octanol–water partition coefficient (Wildman–Crippen LogP) is 1.25. The van der Waals surface area contributed by atoms with Gasteiger partial charge in [0.25, 0.3) is 5.91 Å². The maximum atomic E-state index is 11.7. The number of ether oxygens (including phenoxy) is 1. The molecular weight excluding hydrogens is 244 g/mol. The van der Waals surface area contributed by atoms with E-state index in [1.807, 2.05) is 6.92 Å². The Morgan fingerprint density at radius 3 is 3.11 bits per heavy atom. The normalized spacial score (nSPS) is 11.8. The monoisotopic (exact) mass is 260 g/mol. The van der Waals surface area contributed by atoms with Crippen LogP contribution in [0.1, 0.15) is 18.8 Å². The van der Waals surface area contributed by atoms with Crippen molar-refractivity contribution in [3.63, 3.8) is 0 Å². The topological polar surface area (TPSA) is 93.0 Å². The van der Waals surface area contributed by atoms with Gasteiger partial charge in [-0.2, -0.15) is 0 Å². The number of aromatic amines is 1. The summed E-state index contributed by atoms with van der Waals surface area (Å²) in [5.41, 5.74) is 6.22. The number of hydrogen-bond donors (Lipinski definition) is 3. The Labute approximate surface area is 111 Å². The number of nitrogen functional groups attached to an aromatic ring is 1. The third-order valence-corrected chi connectivity index (χ3v) is 2.54. The number of amides is 1. The molecule has 4 N–H and O–H groups in total. The van der Waals surface area contributed by atoms with E-state index in [1.54, 1.807) is 36.7 Å². The third-order valence-electron chi connectivity index (χ3n) is 2.54. The number of nitrogens with zero attached hydrogens (tertiary/aromatic N) is 1. The van der Waals surface area contributed by atoms with Gasteiger partial charge in [-0.1, -0.05) is 6.07 Å². The summed E-state index contributed by atoms with van der Waals surface area (Å²) >= 11 is 0. The van der Waals surface area contributed by atoms with Crippen LogP contribution in [0.2, 0.25) is 0 Å². The summed E-state index contributed by atoms with van der Waals surface area (Å²) in [4.78, 5) is 18.7. The zero-order chi connectivity index (χ0) is 13.7. The molecule has 6 heteroatoms. The second-order valence-electron chi connectivity index (χ2n) is 4.12. The van der Waals surface area contributed by atoms with Crippen molar-refractivity contribution in [2.45, 2.75) is 13.0 Å². The summed E-state index contributed by atoms with van der Waals surface area (Å²) < 4.78 is 5.34. The summed E-state index contributed by atoms with van der Waals surface area (Å²) in [7, 11) is 0. The van der Waals surface area contributed by atoms with Crippen molar-refractivity contribution in [1.82, 2.24) is 15.3 Å². The molecule has 0 saturated heterocycles. The molecule has 0 aliphatic carbocycles. The first-order chi connectivity index (χ1) is 9.15. The second-order valence-corrected chi connectivity index (χ2v) is 4.12. The summed E-state index contributed by atoms with van der Waals surface area (Å²) in [6.07, 6.45) is 3.35. The van der Waals surface area contributed by atoms with Crippen LogP contribution in [-0.4, -0.2) is 22.5 Å². The number of aromatic nitrogens is 2. The fraction of sp³-hybridized carbons (Fsp3) is 0.231. The van der Waals surface area contributed by atoms with Crippen molar-refractivity contribution in [2.75, 3.05) is 12.3 Å². The molecule has 0 aliphatic heterocycles. The van der Waals surface area contributed by atoms with Crippen molar-refractivity contribution in [3.8, 4) is 5.75 Å². The molecule has 0 spiro atoms. The lowest BCUT2D eigenvalue weighted by Crippen LogP contribution is -2.31. The van der Waals surface area contributed by atoms with Crippen LogP contribution >= 0.6 is 0 Å². The second kappa shape index (κ2) is 5.90. The fourth-order valence-electron chi connectivity index (χ4n) is 1.62. The molecule has 1 aromatic heterocycles. The molecule has 6 nitrogen and oxygen atoms in total. The van der Waals surface area contributed by atoms with E-state index in [9.17, 15) is 4.79 Å². The standard InChI is InChI=1S/C13H16N4O2/c1-9(13-15-5-6-16-13)17-12(18)8-19-11-4-2-3-10(14)7-11/h2-7,9H,8,14H2,1H3,(H,15,16)(H,17,18). The van der Waals surface area contributed by atoms with E-state index >= 15 is 0 Å². The molecule has 1 amide bonds. The Balaban J connectivity index is 1.82. The quantitative estimate of drug-likeness (QED) is 0.705. The number of benzene rings is 1. The van der Waals surface area contributed by atoms with Gasteiger partial charge in [0, 0.05) is 24.1 Å². The highest BCUT2D eigenvalue weighted by Crippen LogP contribution is 2.14. The Kier molecular flexibility index (Phi) is 4.02. The van der Waals surface area contributed by atoms with Crippen molar-refractivity contribution in [2.24, 2.45) is 0 Å². The number of hydrogen-bond acceptors (Lipinski definition) is 4. The molecule has 0 bridgehead atoms. The summed E-state index contributed by atoms with van der Waals surface area (Å²) in [6, 6.07) is 6.76. The molecule has 2 rings (SSSR count). The lowest BCUT2D eigenvalue weighted by molar-refractivity contribution is -0.123. The SMILES string of the molecule is CC(NC(=O)COc1cccc(N)c1)c1ncc[nH]1. The lowest BCUT2D eigenvalue weighted by Gasteiger charge is -2.12. The van der Waals surface area contributed by atoms with E-state index in [0.717, 1.165) is 0 Å². The molecule has 100 valence electrons. The maximum absolute atomic E-state index is 11.7. The van der Waals surface area contributed by atoms with Crippen LogP contribution in [-0.2, 0) is 4.79 Å². The van der Waals surface area contributed by atoms with Gasteiger partial charge in [-0.3, -0.25) is 4.79 Å². The molecule has 0 aliphatic rings. The fourth-order valence-corrected chi connectivity index (χ4v) is 1.62. The smallest absolute Gasteiger partial charge is 0.258 e. The number of anilines is 1. The minimum Gasteiger partial charge on any atom is -0.484 e. The van der Waals surface area contributed by atoms with E-state index in [1.165, 1.54) is 0 Å². The highest BCUT2D eigenvalue weighted by Gasteiger charge is 2.11. The zero-order valence-electron chi connectivity index (χ0n) is 10.6. The molecule has 0 saturated carbocycles. The van der Waals surface area contributed by atoms with Gasteiger partial charge in [-0.05, 0) is 19.1 Å². The Hall–Kier alpha value is -2.50. The minimum absolute atomic E-state index is 0.0610. The molecule has 19 heavy (non-hydrogen) atoms. The van der Waals surface area contributed by atoms with Gasteiger partial charge in [0.05, 0.1) is 6.04 Å². The van der Waals surface area contributed by atoms with Crippen LogP contribution in [0.5, 0.6) is 5.75 Å². The van der Waals surface area contributed by atoms with Gasteiger partial charge in [0.1, 0.15) is 11.6 Å². The number of nitrogens with one attached hydrogen (secondary N) is 2. The largest absolute Gasteiger partial charge is 0.484 e. The number of carbonyl (C=O) groups excluding carboxylic acids is 1. The van der Waals surface area contributed by atoms with Crippen LogP contribution in [0.25, 0.3) is 0 Å². The van der Waals surface area contributed by atoms with Crippen LogP contribution in [0, 0.1) is 0 Å². The average molecular weight is 260 g/mol. The van der Waals surface area contributed by atoms with Gasteiger partial charge >= 0.3 is 0 Å². The highest BCUT2D eigenvalue weighted by molar-refractivity contribution is 5.77. The van der Waals surface area contributed by atoms with Gasteiger partial charge in [-0.25, -0.2) is 4.98 Å². The van der Waals surface area contributed by atoms with E-state index in [2.05, 4.69) is 15.3 Å². The van der Waals surface area contributed by atoms with E-state index < -0.39 is 0 Å². The highest BCUT2D eigenvalue weighted by atomic mass is 16.5. The molecule has 2 aromatic rings. The van der Waals surface area contributed by atoms with Crippen LogP contribution < -0.4 is 15.8 Å². The zero-order valence-corrected chi connectivity index (χ0v) is 10.6. The minimum atomic E-state index is -0.216. The molecule has 0 fully saturated rings. The van der Waals surface area contributed by atoms with Crippen LogP contribution in [0.15, 0.2) is 36.7 Å². The summed E-state index contributed by atoms with van der Waals surface area (Å²) in [5, 5.41) is 2.78. The molecule has 1 aromatic carbocycles. The summed E-state index contributed by atoms with van der Waals surface area (Å²) in [5.74, 6) is 1.06. The van der Waals surface area contributed by atoms with E-state index in [4.69, 9.17) is 10.5 Å². The summed E-state index contributed by atoms with van der Waals surface area (Å²) in [6.45, 7) is 1.78.